The number of alkyl halides is 3. The van der Waals surface area contributed by atoms with Crippen LogP contribution in [0.25, 0.3) is 11.1 Å². The maximum absolute atomic E-state index is 13.6. The van der Waals surface area contributed by atoms with Crippen molar-refractivity contribution in [3.63, 3.8) is 0 Å². The molecule has 0 saturated carbocycles. The minimum Gasteiger partial charge on any atom is -0.445 e. The Kier molecular flexibility index (Phi) is 9.06. The van der Waals surface area contributed by atoms with Gasteiger partial charge in [0.05, 0.1) is 17.6 Å². The van der Waals surface area contributed by atoms with Crippen LogP contribution in [0.1, 0.15) is 25.5 Å². The van der Waals surface area contributed by atoms with E-state index < -0.39 is 37.9 Å². The maximum atomic E-state index is 13.6. The minimum absolute atomic E-state index is 0.0129. The summed E-state index contributed by atoms with van der Waals surface area (Å²) >= 11 is 0. The summed E-state index contributed by atoms with van der Waals surface area (Å²) in [7, 11) is 0. The lowest BCUT2D eigenvalue weighted by Gasteiger charge is -2.07. The number of hydrogen-bond acceptors (Lipinski definition) is 4. The van der Waals surface area contributed by atoms with Crippen molar-refractivity contribution in [2.24, 2.45) is 10.7 Å². The van der Waals surface area contributed by atoms with Crippen LogP contribution >= 0.6 is 0 Å². The van der Waals surface area contributed by atoms with E-state index in [4.69, 9.17) is 10.5 Å². The van der Waals surface area contributed by atoms with E-state index in [1.165, 1.54) is 6.07 Å². The number of hydrogen-bond donors (Lipinski definition) is 1. The SMILES string of the molecule is CC(C)c1nn(C(=O)OCCF)c(/N=C\N)c1-c1ccc(F)c(F)c1.FCF. The van der Waals surface area contributed by atoms with Crippen LogP contribution in [0.4, 0.5) is 32.6 Å². The topological polar surface area (TPSA) is 82.5 Å². The second kappa shape index (κ2) is 11.0. The third-order valence-electron chi connectivity index (χ3n) is 3.32. The molecule has 2 rings (SSSR count). The highest BCUT2D eigenvalue weighted by molar-refractivity contribution is 5.85. The average Bonchev–Trinajstić information content (AvgIpc) is 3.03. The third kappa shape index (κ3) is 5.51. The van der Waals surface area contributed by atoms with Gasteiger partial charge in [0, 0.05) is 0 Å². The van der Waals surface area contributed by atoms with Crippen molar-refractivity contribution in [2.75, 3.05) is 20.2 Å². The number of rotatable bonds is 5. The van der Waals surface area contributed by atoms with Crippen molar-refractivity contribution in [3.8, 4) is 11.1 Å². The zero-order chi connectivity index (χ0) is 21.3. The van der Waals surface area contributed by atoms with E-state index >= 15 is 0 Å². The van der Waals surface area contributed by atoms with Crippen LogP contribution in [-0.2, 0) is 4.74 Å². The summed E-state index contributed by atoms with van der Waals surface area (Å²) in [4.78, 5) is 16.0. The van der Waals surface area contributed by atoms with Gasteiger partial charge in [0.15, 0.2) is 17.5 Å². The molecule has 0 radical (unpaired) electrons. The summed E-state index contributed by atoms with van der Waals surface area (Å²) in [6, 6.07) is 3.28. The molecular weight excluding hydrogens is 387 g/mol. The van der Waals surface area contributed by atoms with Crippen molar-refractivity contribution in [3.05, 3.63) is 35.5 Å². The number of halogens is 5. The van der Waals surface area contributed by atoms with Crippen LogP contribution in [0.15, 0.2) is 23.2 Å². The van der Waals surface area contributed by atoms with E-state index in [2.05, 4.69) is 10.1 Å². The highest BCUT2D eigenvalue weighted by Crippen LogP contribution is 2.37. The van der Waals surface area contributed by atoms with Crippen molar-refractivity contribution in [1.82, 2.24) is 9.78 Å². The molecule has 0 fully saturated rings. The Hall–Kier alpha value is -2.98. The van der Waals surface area contributed by atoms with Crippen LogP contribution in [0.2, 0.25) is 0 Å². The van der Waals surface area contributed by atoms with Crippen molar-refractivity contribution >= 4 is 18.2 Å². The van der Waals surface area contributed by atoms with Gasteiger partial charge in [-0.1, -0.05) is 19.9 Å². The van der Waals surface area contributed by atoms with E-state index in [0.29, 0.717) is 11.3 Å². The maximum Gasteiger partial charge on any atom is 0.436 e. The molecule has 0 bridgehead atoms. The fourth-order valence-corrected chi connectivity index (χ4v) is 2.26. The molecule has 0 saturated heterocycles. The zero-order valence-electron chi connectivity index (χ0n) is 15.1. The normalized spacial score (nSPS) is 10.9. The monoisotopic (exact) mass is 406 g/mol. The zero-order valence-corrected chi connectivity index (χ0v) is 15.1. The van der Waals surface area contributed by atoms with Crippen LogP contribution in [0.5, 0.6) is 0 Å². The van der Waals surface area contributed by atoms with Gasteiger partial charge in [-0.2, -0.15) is 5.10 Å². The van der Waals surface area contributed by atoms with Gasteiger partial charge in [-0.05, 0) is 23.6 Å². The molecular formula is C17H19F5N4O2. The minimum atomic E-state index is -1.75. The quantitative estimate of drug-likeness (QED) is 0.453. The number of nitrogens with two attached hydrogens (primary N) is 1. The number of carbonyl (C=O) groups is 1. The Morgan fingerprint density at radius 3 is 2.43 bits per heavy atom. The molecule has 1 aromatic heterocycles. The van der Waals surface area contributed by atoms with E-state index in [0.717, 1.165) is 23.2 Å². The number of carbonyl (C=O) groups excluding carboxylic acids is 1. The molecule has 0 aliphatic heterocycles. The smallest absolute Gasteiger partial charge is 0.436 e. The van der Waals surface area contributed by atoms with Crippen LogP contribution in [0, 0.1) is 11.6 Å². The molecule has 0 spiro atoms. The number of ether oxygens (including phenoxy) is 1. The molecule has 2 N–H and O–H groups in total. The van der Waals surface area contributed by atoms with Crippen LogP contribution < -0.4 is 5.73 Å². The summed E-state index contributed by atoms with van der Waals surface area (Å²) in [6.07, 6.45) is -0.0161. The van der Waals surface area contributed by atoms with E-state index in [1.807, 2.05) is 0 Å². The predicted molar refractivity (Wildman–Crippen MR) is 93.8 cm³/mol. The van der Waals surface area contributed by atoms with Gasteiger partial charge in [0.25, 0.3) is 0 Å². The Morgan fingerprint density at radius 2 is 1.93 bits per heavy atom. The molecule has 28 heavy (non-hydrogen) atoms. The fraction of sp³-hybridized carbons (Fsp3) is 0.353. The Labute approximate surface area is 157 Å². The number of aliphatic imine (C=N–C) groups is 1. The first-order chi connectivity index (χ1) is 13.3. The first-order valence-electron chi connectivity index (χ1n) is 7.99. The largest absolute Gasteiger partial charge is 0.445 e. The molecule has 2 aromatic rings. The molecule has 1 aromatic carbocycles. The van der Waals surface area contributed by atoms with E-state index in [9.17, 15) is 26.7 Å². The average molecular weight is 406 g/mol. The van der Waals surface area contributed by atoms with Gasteiger partial charge in [-0.25, -0.2) is 31.7 Å². The van der Waals surface area contributed by atoms with Crippen molar-refractivity contribution in [2.45, 2.75) is 19.8 Å². The number of benzene rings is 1. The van der Waals surface area contributed by atoms with Crippen LogP contribution in [-0.4, -0.2) is 42.4 Å². The molecule has 154 valence electrons. The lowest BCUT2D eigenvalue weighted by molar-refractivity contribution is 0.136. The standard InChI is InChI=1S/C16H17F3N4O2.CH2F2/c1-9(2)14-13(10-3-4-11(18)12(19)7-10)15(21-8-20)23(22-14)16(24)25-6-5-17;2-1-3/h3-4,7-9H,5-6H2,1-2H3,(H2,20,21);1H2. The Bertz CT molecular complexity index is 824. The number of aromatic nitrogens is 2. The van der Waals surface area contributed by atoms with Gasteiger partial charge in [0.2, 0.25) is 6.93 Å². The molecule has 11 heteroatoms. The molecule has 0 unspecified atom stereocenters. The summed E-state index contributed by atoms with van der Waals surface area (Å²) in [5.74, 6) is -2.25. The lowest BCUT2D eigenvalue weighted by atomic mass is 9.99. The van der Waals surface area contributed by atoms with E-state index in [1.54, 1.807) is 13.8 Å². The van der Waals surface area contributed by atoms with Gasteiger partial charge >= 0.3 is 6.09 Å². The second-order valence-electron chi connectivity index (χ2n) is 5.46. The van der Waals surface area contributed by atoms with Gasteiger partial charge < -0.3 is 10.5 Å². The van der Waals surface area contributed by atoms with E-state index in [-0.39, 0.29) is 17.3 Å². The summed E-state index contributed by atoms with van der Waals surface area (Å²) in [5, 5.41) is 4.14. The number of nitrogens with zero attached hydrogens (tertiary/aromatic N) is 3. The van der Waals surface area contributed by atoms with Crippen molar-refractivity contribution < 1.29 is 31.5 Å². The fourth-order valence-electron chi connectivity index (χ4n) is 2.26. The molecule has 0 atom stereocenters. The summed E-state index contributed by atoms with van der Waals surface area (Å²) in [6.45, 7) is 0.565. The summed E-state index contributed by atoms with van der Waals surface area (Å²) < 4.78 is 63.9. The van der Waals surface area contributed by atoms with Crippen molar-refractivity contribution in [1.29, 1.82) is 0 Å². The van der Waals surface area contributed by atoms with Gasteiger partial charge in [-0.15, -0.1) is 4.68 Å². The molecule has 0 aliphatic rings. The van der Waals surface area contributed by atoms with Gasteiger partial charge in [0.1, 0.15) is 13.3 Å². The third-order valence-corrected chi connectivity index (χ3v) is 3.32. The molecule has 0 aliphatic carbocycles. The first-order valence-corrected chi connectivity index (χ1v) is 7.99. The predicted octanol–water partition coefficient (Wildman–Crippen LogP) is 4.41. The first kappa shape index (κ1) is 23.1. The van der Waals surface area contributed by atoms with Crippen LogP contribution in [0.3, 0.4) is 0 Å². The summed E-state index contributed by atoms with van der Waals surface area (Å²) in [5.41, 5.74) is 6.33. The highest BCUT2D eigenvalue weighted by atomic mass is 19.3. The molecule has 0 amide bonds. The lowest BCUT2D eigenvalue weighted by Crippen LogP contribution is -2.16. The second-order valence-corrected chi connectivity index (χ2v) is 5.46. The Balaban J connectivity index is 0.00000122. The van der Waals surface area contributed by atoms with Gasteiger partial charge in [-0.3, -0.25) is 0 Å². The molecule has 1 heterocycles. The molecule has 6 nitrogen and oxygen atoms in total. The Morgan fingerprint density at radius 1 is 1.29 bits per heavy atom. The highest BCUT2D eigenvalue weighted by Gasteiger charge is 2.25.